The summed E-state index contributed by atoms with van der Waals surface area (Å²) in [5.74, 6) is 2.74. The Morgan fingerprint density at radius 2 is 1.93 bits per heavy atom. The first-order valence-corrected chi connectivity index (χ1v) is 18.5. The number of nitrogens with zero attached hydrogens (tertiary/aromatic N) is 6. The van der Waals surface area contributed by atoms with Gasteiger partial charge in [-0.3, -0.25) is 4.79 Å². The van der Waals surface area contributed by atoms with Crippen LogP contribution in [0.5, 0.6) is 0 Å². The van der Waals surface area contributed by atoms with Crippen LogP contribution in [0.4, 0.5) is 23.3 Å². The molecule has 4 saturated heterocycles. The van der Waals surface area contributed by atoms with Crippen molar-refractivity contribution >= 4 is 49.8 Å². The highest BCUT2D eigenvalue weighted by molar-refractivity contribution is 7.90. The van der Waals surface area contributed by atoms with Crippen molar-refractivity contribution in [2.75, 3.05) is 60.0 Å². The van der Waals surface area contributed by atoms with Gasteiger partial charge in [0.05, 0.1) is 31.1 Å². The number of amides is 1. The van der Waals surface area contributed by atoms with Crippen molar-refractivity contribution < 1.29 is 17.9 Å². The molecule has 0 unspecified atom stereocenters. The summed E-state index contributed by atoms with van der Waals surface area (Å²) in [6.45, 7) is 9.66. The second-order valence-electron chi connectivity index (χ2n) is 13.3. The van der Waals surface area contributed by atoms with Gasteiger partial charge in [-0.1, -0.05) is 25.5 Å². The van der Waals surface area contributed by atoms with Crippen LogP contribution in [-0.4, -0.2) is 91.1 Å². The third-order valence-electron chi connectivity index (χ3n) is 10.4. The summed E-state index contributed by atoms with van der Waals surface area (Å²) < 4.78 is 29.8. The average Bonchev–Trinajstić information content (AvgIpc) is 3.59. The van der Waals surface area contributed by atoms with Crippen LogP contribution in [0.1, 0.15) is 50.6 Å². The van der Waals surface area contributed by atoms with Crippen molar-refractivity contribution in [3.63, 3.8) is 0 Å². The van der Waals surface area contributed by atoms with Gasteiger partial charge in [0.25, 0.3) is 0 Å². The fourth-order valence-corrected chi connectivity index (χ4v) is 9.03. The van der Waals surface area contributed by atoms with E-state index in [1.165, 1.54) is 12.3 Å². The third-order valence-corrected chi connectivity index (χ3v) is 11.4. The predicted molar refractivity (Wildman–Crippen MR) is 180 cm³/mol. The second kappa shape index (κ2) is 12.4. The summed E-state index contributed by atoms with van der Waals surface area (Å²) in [5.41, 5.74) is 2.10. The van der Waals surface area contributed by atoms with Crippen molar-refractivity contribution in [1.82, 2.24) is 19.9 Å². The normalized spacial score (nSPS) is 26.5. The van der Waals surface area contributed by atoms with Gasteiger partial charge in [-0.15, -0.1) is 0 Å². The van der Waals surface area contributed by atoms with E-state index in [0.29, 0.717) is 49.2 Å². The number of hydrogen-bond acceptors (Lipinski definition) is 10. The average molecular weight is 646 g/mol. The van der Waals surface area contributed by atoms with E-state index in [4.69, 9.17) is 14.7 Å². The molecule has 0 bridgehead atoms. The summed E-state index contributed by atoms with van der Waals surface area (Å²) in [4.78, 5) is 33.8. The van der Waals surface area contributed by atoms with E-state index in [2.05, 4.69) is 51.8 Å². The maximum Gasteiger partial charge on any atom is 0.246 e. The Balaban J connectivity index is 1.25. The number of ether oxygens (including phenoxy) is 1. The molecule has 3 aromatic rings. The van der Waals surface area contributed by atoms with Gasteiger partial charge in [-0.2, -0.15) is 4.98 Å². The molecule has 0 aliphatic carbocycles. The Hall–Kier alpha value is -3.77. The van der Waals surface area contributed by atoms with E-state index >= 15 is 0 Å². The first kappa shape index (κ1) is 30.9. The molecule has 0 saturated carbocycles. The highest BCUT2D eigenvalue weighted by Crippen LogP contribution is 2.42. The van der Waals surface area contributed by atoms with Gasteiger partial charge in [0.2, 0.25) is 11.9 Å². The van der Waals surface area contributed by atoms with E-state index in [0.717, 1.165) is 67.3 Å². The quantitative estimate of drug-likeness (QED) is 0.351. The largest absolute Gasteiger partial charge is 0.379 e. The van der Waals surface area contributed by atoms with Gasteiger partial charge in [-0.25, -0.2) is 18.4 Å². The van der Waals surface area contributed by atoms with Gasteiger partial charge in [0.1, 0.15) is 21.5 Å². The van der Waals surface area contributed by atoms with Crippen molar-refractivity contribution in [3.05, 3.63) is 54.9 Å². The van der Waals surface area contributed by atoms with Crippen LogP contribution in [-0.2, 0) is 19.4 Å². The molecule has 12 heteroatoms. The molecule has 5 atom stereocenters. The molecule has 244 valence electrons. The zero-order chi connectivity index (χ0) is 32.0. The number of hydrogen-bond donors (Lipinski definition) is 1. The topological polar surface area (TPSA) is 121 Å². The molecule has 7 rings (SSSR count). The van der Waals surface area contributed by atoms with Gasteiger partial charge in [0.15, 0.2) is 0 Å². The van der Waals surface area contributed by atoms with E-state index in [9.17, 15) is 13.2 Å². The van der Waals surface area contributed by atoms with Crippen LogP contribution in [0.15, 0.2) is 49.3 Å². The minimum absolute atomic E-state index is 0.0538. The van der Waals surface area contributed by atoms with Crippen molar-refractivity contribution in [3.8, 4) is 0 Å². The van der Waals surface area contributed by atoms with Crippen LogP contribution in [0.2, 0.25) is 0 Å². The van der Waals surface area contributed by atoms with Crippen molar-refractivity contribution in [2.24, 2.45) is 11.8 Å². The molecule has 4 aliphatic rings. The zero-order valence-electron chi connectivity index (χ0n) is 26.6. The van der Waals surface area contributed by atoms with E-state index in [1.54, 1.807) is 6.20 Å². The molecule has 1 N–H and O–H groups in total. The summed E-state index contributed by atoms with van der Waals surface area (Å²) >= 11 is 0. The highest BCUT2D eigenvalue weighted by Gasteiger charge is 2.40. The SMILES string of the molecule is C=CC(=O)N1CCCCC[C@H]1c1ccc(N2C[C@H](CS(C)(=O)=O)[C@H]2C)c2cnc(Nc3ccnc(N4CC[C@@H]5COC[C@@H]54)n3)cc12. The lowest BCUT2D eigenvalue weighted by Gasteiger charge is -2.48. The third kappa shape index (κ3) is 5.92. The molecule has 1 aromatic carbocycles. The monoisotopic (exact) mass is 645 g/mol. The lowest BCUT2D eigenvalue weighted by Crippen LogP contribution is -2.57. The fourth-order valence-electron chi connectivity index (χ4n) is 7.87. The Morgan fingerprint density at radius 3 is 2.74 bits per heavy atom. The molecule has 4 fully saturated rings. The second-order valence-corrected chi connectivity index (χ2v) is 15.5. The van der Waals surface area contributed by atoms with Gasteiger partial charge in [0, 0.05) is 67.2 Å². The van der Waals surface area contributed by atoms with Gasteiger partial charge >= 0.3 is 0 Å². The Bertz CT molecular complexity index is 1750. The summed E-state index contributed by atoms with van der Waals surface area (Å²) in [6.07, 6.45) is 11.4. The van der Waals surface area contributed by atoms with E-state index in [-0.39, 0.29) is 29.7 Å². The molecule has 0 spiro atoms. The molecule has 6 heterocycles. The molecule has 0 radical (unpaired) electrons. The number of pyridine rings is 1. The van der Waals surface area contributed by atoms with Crippen LogP contribution >= 0.6 is 0 Å². The fraction of sp³-hybridized carbons (Fsp3) is 0.529. The maximum atomic E-state index is 13.1. The maximum absolute atomic E-state index is 13.1. The minimum Gasteiger partial charge on any atom is -0.379 e. The molecule has 2 aromatic heterocycles. The van der Waals surface area contributed by atoms with E-state index < -0.39 is 9.84 Å². The summed E-state index contributed by atoms with van der Waals surface area (Å²) in [6, 6.07) is 8.48. The molecule has 4 aliphatic heterocycles. The molecule has 46 heavy (non-hydrogen) atoms. The number of nitrogens with one attached hydrogen (secondary N) is 1. The van der Waals surface area contributed by atoms with Crippen LogP contribution in [0.25, 0.3) is 10.8 Å². The van der Waals surface area contributed by atoms with Crippen molar-refractivity contribution in [2.45, 2.75) is 57.2 Å². The smallest absolute Gasteiger partial charge is 0.246 e. The van der Waals surface area contributed by atoms with Crippen LogP contribution < -0.4 is 15.1 Å². The van der Waals surface area contributed by atoms with Crippen molar-refractivity contribution in [1.29, 1.82) is 0 Å². The lowest BCUT2D eigenvalue weighted by molar-refractivity contribution is -0.128. The molecule has 1 amide bonds. The number of rotatable bonds is 8. The number of benzene rings is 1. The highest BCUT2D eigenvalue weighted by atomic mass is 32.2. The summed E-state index contributed by atoms with van der Waals surface area (Å²) in [5, 5.41) is 5.43. The Labute approximate surface area is 271 Å². The van der Waals surface area contributed by atoms with Gasteiger partial charge < -0.3 is 24.8 Å². The number of aromatic nitrogens is 3. The number of carbonyl (C=O) groups excluding carboxylic acids is 1. The lowest BCUT2D eigenvalue weighted by atomic mass is 9.88. The van der Waals surface area contributed by atoms with E-state index in [1.807, 2.05) is 17.2 Å². The zero-order valence-corrected chi connectivity index (χ0v) is 27.5. The number of anilines is 4. The standard InChI is InChI=1S/C34H43N7O4S/c1-4-33(42)39-14-7-5-6-8-28(39)25-9-10-29(41-18-24(22(41)2)21-46(3,43)44)27-17-36-32(16-26(25)27)37-31-11-13-35-34(38-31)40-15-12-23-19-45-20-30(23)40/h4,9-11,13,16-17,22-24,28,30H,1,5-8,12,14-15,18-21H2,2-3H3,(H,35,36,37,38)/t22-,23-,24-,28+,30+/m1/s1. The van der Waals surface area contributed by atoms with Crippen LogP contribution in [0.3, 0.4) is 0 Å². The Morgan fingerprint density at radius 1 is 1.07 bits per heavy atom. The number of carbonyl (C=O) groups is 1. The first-order valence-electron chi connectivity index (χ1n) is 16.4. The minimum atomic E-state index is -3.07. The molecular formula is C34H43N7O4S. The van der Waals surface area contributed by atoms with Crippen LogP contribution in [0, 0.1) is 11.8 Å². The first-order chi connectivity index (χ1) is 22.2. The summed E-state index contributed by atoms with van der Waals surface area (Å²) in [7, 11) is -3.07. The molecular weight excluding hydrogens is 602 g/mol. The Kier molecular flexibility index (Phi) is 8.35. The van der Waals surface area contributed by atoms with Gasteiger partial charge in [-0.05, 0) is 61.4 Å². The number of sulfone groups is 1. The predicted octanol–water partition coefficient (Wildman–Crippen LogP) is 4.49. The number of likely N-dealkylation sites (tertiary alicyclic amines) is 1. The number of fused-ring (bicyclic) bond motifs is 2. The molecule has 11 nitrogen and oxygen atoms in total.